The van der Waals surface area contributed by atoms with Crippen molar-refractivity contribution in [3.05, 3.63) is 64.6 Å². The number of nitrogens with zero attached hydrogens (tertiary/aromatic N) is 3. The molecule has 0 bridgehead atoms. The maximum Gasteiger partial charge on any atom is 0.249 e. The second kappa shape index (κ2) is 6.80. The van der Waals surface area contributed by atoms with Crippen LogP contribution in [-0.4, -0.2) is 15.2 Å². The number of hydrogen-bond donors (Lipinski definition) is 2. The standard InChI is InChI=1S/C17H15ClFN5/c1-10-7-11(2)16(14(18)8-10)22-15-9-20-24-17(23-15)21-13-5-3-12(19)4-6-13/h3-9H,1-2H3,(H2,21,22,23,24). The molecular formula is C17H15ClFN5. The number of hydrogen-bond acceptors (Lipinski definition) is 5. The van der Waals surface area contributed by atoms with Crippen LogP contribution in [0.3, 0.4) is 0 Å². The molecule has 1 heterocycles. The normalized spacial score (nSPS) is 10.5. The Labute approximate surface area is 143 Å². The van der Waals surface area contributed by atoms with Crippen LogP contribution in [0.2, 0.25) is 5.02 Å². The number of rotatable bonds is 4. The van der Waals surface area contributed by atoms with Crippen molar-refractivity contribution >= 4 is 34.7 Å². The predicted molar refractivity (Wildman–Crippen MR) is 93.7 cm³/mol. The molecule has 0 saturated heterocycles. The summed E-state index contributed by atoms with van der Waals surface area (Å²) in [6.07, 6.45) is 1.51. The average molecular weight is 344 g/mol. The molecule has 3 rings (SSSR count). The summed E-state index contributed by atoms with van der Waals surface area (Å²) in [7, 11) is 0. The van der Waals surface area contributed by atoms with Gasteiger partial charge in [-0.15, -0.1) is 5.10 Å². The topological polar surface area (TPSA) is 62.7 Å². The van der Waals surface area contributed by atoms with Crippen molar-refractivity contribution in [2.45, 2.75) is 13.8 Å². The molecule has 0 saturated carbocycles. The van der Waals surface area contributed by atoms with Crippen LogP contribution >= 0.6 is 11.6 Å². The number of aryl methyl sites for hydroxylation is 2. The highest BCUT2D eigenvalue weighted by Gasteiger charge is 2.08. The van der Waals surface area contributed by atoms with E-state index in [1.165, 1.54) is 18.3 Å². The van der Waals surface area contributed by atoms with Gasteiger partial charge in [0, 0.05) is 5.69 Å². The van der Waals surface area contributed by atoms with Gasteiger partial charge in [-0.05, 0) is 55.3 Å². The lowest BCUT2D eigenvalue weighted by atomic mass is 10.1. The van der Waals surface area contributed by atoms with E-state index in [1.54, 1.807) is 12.1 Å². The van der Waals surface area contributed by atoms with Gasteiger partial charge in [0.1, 0.15) is 5.82 Å². The Morgan fingerprint density at radius 1 is 1.04 bits per heavy atom. The summed E-state index contributed by atoms with van der Waals surface area (Å²) in [6, 6.07) is 9.81. The SMILES string of the molecule is Cc1cc(C)c(Nc2cnnc(Nc3ccc(F)cc3)n2)c(Cl)c1. The molecular weight excluding hydrogens is 329 g/mol. The molecule has 2 N–H and O–H groups in total. The van der Waals surface area contributed by atoms with Gasteiger partial charge >= 0.3 is 0 Å². The van der Waals surface area contributed by atoms with Crippen LogP contribution in [0.15, 0.2) is 42.6 Å². The summed E-state index contributed by atoms with van der Waals surface area (Å²) >= 11 is 6.29. The summed E-state index contributed by atoms with van der Waals surface area (Å²) < 4.78 is 12.9. The maximum absolute atomic E-state index is 12.9. The average Bonchev–Trinajstić information content (AvgIpc) is 2.53. The fourth-order valence-corrected chi connectivity index (χ4v) is 2.65. The molecule has 122 valence electrons. The minimum Gasteiger partial charge on any atom is -0.337 e. The van der Waals surface area contributed by atoms with Gasteiger partial charge < -0.3 is 10.6 Å². The van der Waals surface area contributed by atoms with Crippen molar-refractivity contribution in [3.63, 3.8) is 0 Å². The maximum atomic E-state index is 12.9. The van der Waals surface area contributed by atoms with Crippen LogP contribution < -0.4 is 10.6 Å². The first-order chi connectivity index (χ1) is 11.5. The van der Waals surface area contributed by atoms with E-state index in [1.807, 2.05) is 26.0 Å². The minimum atomic E-state index is -0.306. The Morgan fingerprint density at radius 3 is 2.50 bits per heavy atom. The highest BCUT2D eigenvalue weighted by molar-refractivity contribution is 6.33. The van der Waals surface area contributed by atoms with Crippen molar-refractivity contribution in [2.75, 3.05) is 10.6 Å². The Morgan fingerprint density at radius 2 is 1.79 bits per heavy atom. The first kappa shape index (κ1) is 16.1. The zero-order valence-electron chi connectivity index (χ0n) is 13.1. The number of benzene rings is 2. The van der Waals surface area contributed by atoms with Gasteiger partial charge in [-0.3, -0.25) is 0 Å². The Kier molecular flexibility index (Phi) is 4.57. The van der Waals surface area contributed by atoms with Crippen LogP contribution in [0.1, 0.15) is 11.1 Å². The van der Waals surface area contributed by atoms with Crippen LogP contribution in [0.5, 0.6) is 0 Å². The highest BCUT2D eigenvalue weighted by Crippen LogP contribution is 2.29. The van der Waals surface area contributed by atoms with E-state index in [0.717, 1.165) is 16.8 Å². The molecule has 1 aromatic heterocycles. The third-order valence-electron chi connectivity index (χ3n) is 3.34. The van der Waals surface area contributed by atoms with Crippen LogP contribution in [0.25, 0.3) is 0 Å². The van der Waals surface area contributed by atoms with Crippen LogP contribution in [-0.2, 0) is 0 Å². The molecule has 0 aliphatic rings. The van der Waals surface area contributed by atoms with Gasteiger partial charge in [-0.25, -0.2) is 4.39 Å². The van der Waals surface area contributed by atoms with Crippen molar-refractivity contribution in [3.8, 4) is 0 Å². The second-order valence-electron chi connectivity index (χ2n) is 5.36. The summed E-state index contributed by atoms with van der Waals surface area (Å²) in [4.78, 5) is 4.34. The first-order valence-corrected chi connectivity index (χ1v) is 7.65. The molecule has 2 aromatic carbocycles. The zero-order valence-corrected chi connectivity index (χ0v) is 13.9. The smallest absolute Gasteiger partial charge is 0.249 e. The van der Waals surface area contributed by atoms with E-state index in [9.17, 15) is 4.39 Å². The Hall–Kier alpha value is -2.73. The van der Waals surface area contributed by atoms with Gasteiger partial charge in [0.2, 0.25) is 5.95 Å². The van der Waals surface area contributed by atoms with E-state index in [-0.39, 0.29) is 5.82 Å². The number of halogens is 2. The highest BCUT2D eigenvalue weighted by atomic mass is 35.5. The van der Waals surface area contributed by atoms with E-state index >= 15 is 0 Å². The quantitative estimate of drug-likeness (QED) is 0.714. The number of anilines is 4. The molecule has 0 aliphatic heterocycles. The van der Waals surface area contributed by atoms with E-state index in [4.69, 9.17) is 11.6 Å². The largest absolute Gasteiger partial charge is 0.337 e. The molecule has 0 radical (unpaired) electrons. The third kappa shape index (κ3) is 3.78. The van der Waals surface area contributed by atoms with Gasteiger partial charge in [0.05, 0.1) is 16.9 Å². The molecule has 5 nitrogen and oxygen atoms in total. The van der Waals surface area contributed by atoms with Crippen LogP contribution in [0, 0.1) is 19.7 Å². The lowest BCUT2D eigenvalue weighted by Crippen LogP contribution is -2.03. The lowest BCUT2D eigenvalue weighted by Gasteiger charge is -2.12. The van der Waals surface area contributed by atoms with E-state index in [2.05, 4.69) is 25.8 Å². The summed E-state index contributed by atoms with van der Waals surface area (Å²) in [6.45, 7) is 3.95. The van der Waals surface area contributed by atoms with Gasteiger partial charge in [0.15, 0.2) is 5.82 Å². The summed E-state index contributed by atoms with van der Waals surface area (Å²) in [5.41, 5.74) is 3.53. The number of aromatic nitrogens is 3. The Bertz CT molecular complexity index is 844. The monoisotopic (exact) mass is 343 g/mol. The van der Waals surface area contributed by atoms with E-state index in [0.29, 0.717) is 22.5 Å². The van der Waals surface area contributed by atoms with Gasteiger partial charge in [-0.1, -0.05) is 17.7 Å². The van der Waals surface area contributed by atoms with Crippen molar-refractivity contribution in [1.29, 1.82) is 0 Å². The number of nitrogens with one attached hydrogen (secondary N) is 2. The zero-order chi connectivity index (χ0) is 17.1. The molecule has 0 fully saturated rings. The third-order valence-corrected chi connectivity index (χ3v) is 3.64. The molecule has 7 heteroatoms. The minimum absolute atomic E-state index is 0.299. The molecule has 0 spiro atoms. The fraction of sp³-hybridized carbons (Fsp3) is 0.118. The predicted octanol–water partition coefficient (Wildman–Crippen LogP) is 4.77. The second-order valence-corrected chi connectivity index (χ2v) is 5.77. The summed E-state index contributed by atoms with van der Waals surface area (Å²) in [5, 5.41) is 14.6. The van der Waals surface area contributed by atoms with Crippen LogP contribution in [0.4, 0.5) is 27.5 Å². The van der Waals surface area contributed by atoms with E-state index < -0.39 is 0 Å². The first-order valence-electron chi connectivity index (χ1n) is 7.27. The molecule has 0 unspecified atom stereocenters. The van der Waals surface area contributed by atoms with Gasteiger partial charge in [0.25, 0.3) is 0 Å². The fourth-order valence-electron chi connectivity index (χ4n) is 2.28. The summed E-state index contributed by atoms with van der Waals surface area (Å²) in [5.74, 6) is 0.496. The Balaban J connectivity index is 1.82. The van der Waals surface area contributed by atoms with Crippen molar-refractivity contribution < 1.29 is 4.39 Å². The molecule has 0 atom stereocenters. The van der Waals surface area contributed by atoms with Gasteiger partial charge in [-0.2, -0.15) is 10.1 Å². The molecule has 0 amide bonds. The van der Waals surface area contributed by atoms with Crippen molar-refractivity contribution in [1.82, 2.24) is 15.2 Å². The molecule has 3 aromatic rings. The molecule has 24 heavy (non-hydrogen) atoms. The molecule has 0 aliphatic carbocycles. The van der Waals surface area contributed by atoms with Crippen molar-refractivity contribution in [2.24, 2.45) is 0 Å². The lowest BCUT2D eigenvalue weighted by molar-refractivity contribution is 0.628.